The molecular formula is C17H19F2N5O2. The van der Waals surface area contributed by atoms with E-state index in [9.17, 15) is 18.4 Å². The Morgan fingerprint density at radius 2 is 1.96 bits per heavy atom. The molecule has 1 aromatic carbocycles. The van der Waals surface area contributed by atoms with Gasteiger partial charge in [-0.1, -0.05) is 29.5 Å². The first-order chi connectivity index (χ1) is 12.3. The summed E-state index contributed by atoms with van der Waals surface area (Å²) in [5, 5.41) is 7.51. The standard InChI is InChI=1S/C17H19F2N5O2/c1-12-5-3-4-6-14(12)17(18,19)11-24-15(25)7-8-23(16(24)26)10-13-9-20-21-22(13)2/h3-6,9H,7-8,10-11H2,1-2H3. The Hall–Kier alpha value is -2.84. The van der Waals surface area contributed by atoms with Crippen molar-refractivity contribution in [1.29, 1.82) is 0 Å². The summed E-state index contributed by atoms with van der Waals surface area (Å²) in [6.07, 6.45) is 1.50. The predicted octanol–water partition coefficient (Wildman–Crippen LogP) is 2.07. The normalized spacial score (nSPS) is 15.7. The first-order valence-corrected chi connectivity index (χ1v) is 8.16. The van der Waals surface area contributed by atoms with E-state index in [-0.39, 0.29) is 25.1 Å². The number of halogens is 2. The number of benzene rings is 1. The summed E-state index contributed by atoms with van der Waals surface area (Å²) < 4.78 is 31.0. The van der Waals surface area contributed by atoms with Gasteiger partial charge in [-0.3, -0.25) is 14.4 Å². The number of hydrogen-bond donors (Lipinski definition) is 0. The number of aromatic nitrogens is 3. The lowest BCUT2D eigenvalue weighted by Crippen LogP contribution is -2.54. The lowest BCUT2D eigenvalue weighted by Gasteiger charge is -2.36. The van der Waals surface area contributed by atoms with Gasteiger partial charge >= 0.3 is 6.03 Å². The number of carbonyl (C=O) groups excluding carboxylic acids is 2. The molecule has 0 atom stereocenters. The van der Waals surface area contributed by atoms with Gasteiger partial charge in [-0.25, -0.2) is 4.79 Å². The molecule has 138 valence electrons. The zero-order valence-electron chi connectivity index (χ0n) is 14.5. The Labute approximate surface area is 149 Å². The first kappa shape index (κ1) is 18.0. The summed E-state index contributed by atoms with van der Waals surface area (Å²) in [5.74, 6) is -3.92. The second kappa shape index (κ2) is 6.81. The number of urea groups is 1. The molecule has 0 aliphatic carbocycles. The highest BCUT2D eigenvalue weighted by molar-refractivity contribution is 5.96. The molecule has 1 fully saturated rings. The van der Waals surface area contributed by atoms with E-state index in [1.54, 1.807) is 26.1 Å². The van der Waals surface area contributed by atoms with Crippen LogP contribution in [-0.4, -0.2) is 49.8 Å². The highest BCUT2D eigenvalue weighted by atomic mass is 19.3. The fraction of sp³-hybridized carbons (Fsp3) is 0.412. The topological polar surface area (TPSA) is 71.3 Å². The van der Waals surface area contributed by atoms with E-state index < -0.39 is 24.4 Å². The van der Waals surface area contributed by atoms with Crippen LogP contribution in [0.2, 0.25) is 0 Å². The van der Waals surface area contributed by atoms with E-state index in [1.165, 1.54) is 27.9 Å². The molecule has 0 N–H and O–H groups in total. The van der Waals surface area contributed by atoms with Crippen molar-refractivity contribution in [2.75, 3.05) is 13.1 Å². The van der Waals surface area contributed by atoms with E-state index in [0.29, 0.717) is 16.2 Å². The second-order valence-corrected chi connectivity index (χ2v) is 6.30. The van der Waals surface area contributed by atoms with Crippen LogP contribution in [0.3, 0.4) is 0 Å². The van der Waals surface area contributed by atoms with Crippen molar-refractivity contribution in [2.24, 2.45) is 7.05 Å². The van der Waals surface area contributed by atoms with Crippen molar-refractivity contribution in [3.8, 4) is 0 Å². The van der Waals surface area contributed by atoms with Gasteiger partial charge in [0.15, 0.2) is 0 Å². The fourth-order valence-corrected chi connectivity index (χ4v) is 2.96. The van der Waals surface area contributed by atoms with Crippen LogP contribution in [0.15, 0.2) is 30.5 Å². The van der Waals surface area contributed by atoms with E-state index >= 15 is 0 Å². The maximum Gasteiger partial charge on any atom is 0.327 e. The molecule has 3 amide bonds. The summed E-state index contributed by atoms with van der Waals surface area (Å²) in [6, 6.07) is 5.33. The summed E-state index contributed by atoms with van der Waals surface area (Å²) in [5.41, 5.74) is 0.874. The molecule has 1 aliphatic rings. The maximum absolute atomic E-state index is 14.7. The Morgan fingerprint density at radius 3 is 2.62 bits per heavy atom. The third-order valence-electron chi connectivity index (χ3n) is 4.45. The van der Waals surface area contributed by atoms with Gasteiger partial charge in [0.1, 0.15) is 0 Å². The van der Waals surface area contributed by atoms with Gasteiger partial charge in [-0.05, 0) is 12.5 Å². The smallest absolute Gasteiger partial charge is 0.318 e. The van der Waals surface area contributed by atoms with Crippen LogP contribution in [0.25, 0.3) is 0 Å². The third-order valence-corrected chi connectivity index (χ3v) is 4.45. The molecule has 26 heavy (non-hydrogen) atoms. The minimum Gasteiger partial charge on any atom is -0.318 e. The van der Waals surface area contributed by atoms with Crippen molar-refractivity contribution >= 4 is 11.9 Å². The number of rotatable bonds is 5. The summed E-state index contributed by atoms with van der Waals surface area (Å²) in [4.78, 5) is 26.7. The Balaban J connectivity index is 1.79. The van der Waals surface area contributed by atoms with E-state index in [4.69, 9.17) is 0 Å². The molecule has 0 saturated carbocycles. The zero-order chi connectivity index (χ0) is 18.9. The molecule has 0 bridgehead atoms. The molecule has 0 radical (unpaired) electrons. The molecule has 2 aromatic rings. The Bertz CT molecular complexity index is 836. The van der Waals surface area contributed by atoms with Gasteiger partial charge in [-0.2, -0.15) is 8.78 Å². The monoisotopic (exact) mass is 363 g/mol. The second-order valence-electron chi connectivity index (χ2n) is 6.30. The highest BCUT2D eigenvalue weighted by Gasteiger charge is 2.42. The van der Waals surface area contributed by atoms with Crippen molar-refractivity contribution in [3.05, 3.63) is 47.3 Å². The largest absolute Gasteiger partial charge is 0.327 e. The van der Waals surface area contributed by atoms with Crippen molar-refractivity contribution in [1.82, 2.24) is 24.8 Å². The fourth-order valence-electron chi connectivity index (χ4n) is 2.96. The number of imide groups is 1. The summed E-state index contributed by atoms with van der Waals surface area (Å²) in [6.45, 7) is 0.928. The highest BCUT2D eigenvalue weighted by Crippen LogP contribution is 2.32. The quantitative estimate of drug-likeness (QED) is 0.815. The number of amides is 3. The van der Waals surface area contributed by atoms with E-state index in [0.717, 1.165) is 0 Å². The van der Waals surface area contributed by atoms with Crippen LogP contribution < -0.4 is 0 Å². The molecule has 1 aromatic heterocycles. The van der Waals surface area contributed by atoms with E-state index in [1.807, 2.05) is 0 Å². The average Bonchev–Trinajstić information content (AvgIpc) is 2.99. The van der Waals surface area contributed by atoms with Gasteiger partial charge in [0.25, 0.3) is 5.92 Å². The SMILES string of the molecule is Cc1ccccc1C(F)(F)CN1C(=O)CCN(Cc2cnnn2C)C1=O. The number of hydrogen-bond acceptors (Lipinski definition) is 4. The van der Waals surface area contributed by atoms with Crippen LogP contribution in [0.1, 0.15) is 23.2 Å². The van der Waals surface area contributed by atoms with E-state index in [2.05, 4.69) is 10.3 Å². The predicted molar refractivity (Wildman–Crippen MR) is 88.2 cm³/mol. The first-order valence-electron chi connectivity index (χ1n) is 8.16. The molecule has 3 rings (SSSR count). The Morgan fingerprint density at radius 1 is 1.23 bits per heavy atom. The van der Waals surface area contributed by atoms with Gasteiger partial charge in [0.2, 0.25) is 5.91 Å². The van der Waals surface area contributed by atoms with Gasteiger partial charge < -0.3 is 4.90 Å². The minimum atomic E-state index is -3.33. The number of aryl methyl sites for hydroxylation is 2. The molecule has 1 aliphatic heterocycles. The molecule has 0 spiro atoms. The van der Waals surface area contributed by atoms with Crippen LogP contribution in [0, 0.1) is 6.92 Å². The number of carbonyl (C=O) groups is 2. The molecule has 0 unspecified atom stereocenters. The molecule has 1 saturated heterocycles. The lowest BCUT2D eigenvalue weighted by atomic mass is 10.0. The van der Waals surface area contributed by atoms with Crippen LogP contribution in [0.4, 0.5) is 13.6 Å². The van der Waals surface area contributed by atoms with Crippen molar-refractivity contribution < 1.29 is 18.4 Å². The number of nitrogens with zero attached hydrogens (tertiary/aromatic N) is 5. The Kier molecular flexibility index (Phi) is 4.71. The van der Waals surface area contributed by atoms with Crippen molar-refractivity contribution in [2.45, 2.75) is 25.8 Å². The third kappa shape index (κ3) is 3.42. The molecular weight excluding hydrogens is 344 g/mol. The number of alkyl halides is 2. The van der Waals surface area contributed by atoms with Crippen LogP contribution in [-0.2, 0) is 24.3 Å². The van der Waals surface area contributed by atoms with Gasteiger partial charge in [-0.15, -0.1) is 5.10 Å². The zero-order valence-corrected chi connectivity index (χ0v) is 14.5. The lowest BCUT2D eigenvalue weighted by molar-refractivity contribution is -0.136. The molecule has 7 nitrogen and oxygen atoms in total. The molecule has 9 heteroatoms. The minimum absolute atomic E-state index is 0.000865. The van der Waals surface area contributed by atoms with Crippen LogP contribution in [0.5, 0.6) is 0 Å². The summed E-state index contributed by atoms with van der Waals surface area (Å²) in [7, 11) is 1.67. The maximum atomic E-state index is 14.7. The summed E-state index contributed by atoms with van der Waals surface area (Å²) >= 11 is 0. The molecule has 2 heterocycles. The average molecular weight is 363 g/mol. The van der Waals surface area contributed by atoms with Crippen molar-refractivity contribution in [3.63, 3.8) is 0 Å². The van der Waals surface area contributed by atoms with Gasteiger partial charge in [0.05, 0.1) is 25.0 Å². The van der Waals surface area contributed by atoms with Crippen LogP contribution >= 0.6 is 0 Å². The van der Waals surface area contributed by atoms with Gasteiger partial charge in [0, 0.05) is 25.6 Å².